The number of thiocarbonyl (C=S) groups is 1. The molecule has 0 radical (unpaired) electrons. The molecule has 5 nitrogen and oxygen atoms in total. The van der Waals surface area contributed by atoms with E-state index in [-0.39, 0.29) is 5.91 Å². The van der Waals surface area contributed by atoms with Crippen LogP contribution in [0.2, 0.25) is 0 Å². The zero-order valence-corrected chi connectivity index (χ0v) is 14.9. The summed E-state index contributed by atoms with van der Waals surface area (Å²) in [4.78, 5) is 12.8. The smallest absolute Gasteiger partial charge is 0.248 e. The van der Waals surface area contributed by atoms with Gasteiger partial charge in [-0.25, -0.2) is 0 Å². The first kappa shape index (κ1) is 18.1. The molecule has 126 valence electrons. The van der Waals surface area contributed by atoms with Crippen molar-refractivity contribution in [3.05, 3.63) is 60.2 Å². The average molecular weight is 361 g/mol. The minimum atomic E-state index is -0.141. The summed E-state index contributed by atoms with van der Waals surface area (Å²) >= 11 is 6.60. The lowest BCUT2D eigenvalue weighted by atomic mass is 10.2. The number of ether oxygens (including phenoxy) is 1. The van der Waals surface area contributed by atoms with Crippen LogP contribution in [0.25, 0.3) is 0 Å². The van der Waals surface area contributed by atoms with E-state index >= 15 is 0 Å². The van der Waals surface area contributed by atoms with Crippen molar-refractivity contribution in [1.82, 2.24) is 16.2 Å². The standard InChI is InChI=1S/C17H19N3O2S2/c1-22-14-9-7-13(8-10-14)11-18-17(23)20-19-16(21)12-24-15-5-3-2-4-6-15/h2-10H,11-12H2,1H3,(H,19,21)(H2,18,20,23). The topological polar surface area (TPSA) is 62.4 Å². The molecule has 0 aliphatic heterocycles. The van der Waals surface area contributed by atoms with E-state index in [1.807, 2.05) is 54.6 Å². The number of hydrazine groups is 1. The van der Waals surface area contributed by atoms with Crippen LogP contribution in [0.3, 0.4) is 0 Å². The van der Waals surface area contributed by atoms with Gasteiger partial charge in [-0.2, -0.15) is 0 Å². The minimum absolute atomic E-state index is 0.141. The Morgan fingerprint density at radius 3 is 2.46 bits per heavy atom. The summed E-state index contributed by atoms with van der Waals surface area (Å²) in [5, 5.41) is 3.39. The monoisotopic (exact) mass is 361 g/mol. The van der Waals surface area contributed by atoms with E-state index in [1.165, 1.54) is 11.8 Å². The third-order valence-corrected chi connectivity index (χ3v) is 4.30. The maximum Gasteiger partial charge on any atom is 0.248 e. The molecule has 0 saturated heterocycles. The molecule has 0 unspecified atom stereocenters. The van der Waals surface area contributed by atoms with Crippen LogP contribution >= 0.6 is 24.0 Å². The molecule has 7 heteroatoms. The number of amides is 1. The summed E-state index contributed by atoms with van der Waals surface area (Å²) in [7, 11) is 1.63. The van der Waals surface area contributed by atoms with Crippen LogP contribution in [-0.2, 0) is 11.3 Å². The zero-order valence-electron chi connectivity index (χ0n) is 13.2. The van der Waals surface area contributed by atoms with E-state index < -0.39 is 0 Å². The quantitative estimate of drug-likeness (QED) is 0.417. The van der Waals surface area contributed by atoms with Crippen molar-refractivity contribution in [3.8, 4) is 5.75 Å². The highest BCUT2D eigenvalue weighted by molar-refractivity contribution is 8.00. The van der Waals surface area contributed by atoms with Crippen LogP contribution in [0.1, 0.15) is 5.56 Å². The van der Waals surface area contributed by atoms with Crippen molar-refractivity contribution in [2.24, 2.45) is 0 Å². The Hall–Kier alpha value is -2.25. The summed E-state index contributed by atoms with van der Waals surface area (Å²) in [5.74, 6) is 0.984. The van der Waals surface area contributed by atoms with Crippen LogP contribution in [0, 0.1) is 0 Å². The Labute approximate surface area is 151 Å². The van der Waals surface area contributed by atoms with E-state index in [0.29, 0.717) is 17.4 Å². The zero-order chi connectivity index (χ0) is 17.2. The van der Waals surface area contributed by atoms with Crippen LogP contribution in [-0.4, -0.2) is 23.9 Å². The molecule has 0 atom stereocenters. The average Bonchev–Trinajstić information content (AvgIpc) is 2.64. The van der Waals surface area contributed by atoms with Crippen molar-refractivity contribution < 1.29 is 9.53 Å². The van der Waals surface area contributed by atoms with Gasteiger partial charge in [-0.05, 0) is 42.0 Å². The molecular formula is C17H19N3O2S2. The van der Waals surface area contributed by atoms with Crippen molar-refractivity contribution in [2.75, 3.05) is 12.9 Å². The Morgan fingerprint density at radius 1 is 1.08 bits per heavy atom. The fourth-order valence-electron chi connectivity index (χ4n) is 1.80. The number of hydrogen-bond acceptors (Lipinski definition) is 4. The van der Waals surface area contributed by atoms with Gasteiger partial charge in [-0.1, -0.05) is 30.3 Å². The second kappa shape index (κ2) is 9.79. The lowest BCUT2D eigenvalue weighted by Gasteiger charge is -2.11. The number of benzene rings is 2. The van der Waals surface area contributed by atoms with Gasteiger partial charge in [0, 0.05) is 11.4 Å². The van der Waals surface area contributed by atoms with Gasteiger partial charge in [0.1, 0.15) is 5.75 Å². The van der Waals surface area contributed by atoms with E-state index in [0.717, 1.165) is 16.2 Å². The molecule has 0 saturated carbocycles. The van der Waals surface area contributed by atoms with Crippen molar-refractivity contribution in [1.29, 1.82) is 0 Å². The van der Waals surface area contributed by atoms with Gasteiger partial charge in [-0.15, -0.1) is 11.8 Å². The largest absolute Gasteiger partial charge is 0.497 e. The molecule has 0 aliphatic rings. The number of rotatable bonds is 6. The number of nitrogens with one attached hydrogen (secondary N) is 3. The SMILES string of the molecule is COc1ccc(CNC(=S)NNC(=O)CSc2ccccc2)cc1. The number of methoxy groups -OCH3 is 1. The number of carbonyl (C=O) groups excluding carboxylic acids is 1. The Balaban J connectivity index is 1.64. The second-order valence-corrected chi connectivity index (χ2v) is 6.26. The first-order valence-electron chi connectivity index (χ1n) is 7.31. The molecule has 0 bridgehead atoms. The molecule has 2 aromatic rings. The first-order chi connectivity index (χ1) is 11.7. The van der Waals surface area contributed by atoms with Gasteiger partial charge < -0.3 is 10.1 Å². The van der Waals surface area contributed by atoms with Crippen LogP contribution in [0.5, 0.6) is 5.75 Å². The molecular weight excluding hydrogens is 342 g/mol. The Morgan fingerprint density at radius 2 is 1.79 bits per heavy atom. The molecule has 3 N–H and O–H groups in total. The van der Waals surface area contributed by atoms with Gasteiger partial charge in [-0.3, -0.25) is 15.6 Å². The van der Waals surface area contributed by atoms with E-state index in [2.05, 4.69) is 16.2 Å². The number of thioether (sulfide) groups is 1. The Kier molecular flexibility index (Phi) is 7.38. The highest BCUT2D eigenvalue weighted by Crippen LogP contribution is 2.16. The van der Waals surface area contributed by atoms with Crippen LogP contribution in [0.15, 0.2) is 59.5 Å². The fourth-order valence-corrected chi connectivity index (χ4v) is 2.64. The lowest BCUT2D eigenvalue weighted by Crippen LogP contribution is -2.47. The molecule has 0 spiro atoms. The van der Waals surface area contributed by atoms with Crippen molar-refractivity contribution >= 4 is 35.0 Å². The molecule has 2 rings (SSSR count). The van der Waals surface area contributed by atoms with Crippen LogP contribution in [0.4, 0.5) is 0 Å². The molecule has 1 amide bonds. The van der Waals surface area contributed by atoms with E-state index in [4.69, 9.17) is 17.0 Å². The summed E-state index contributed by atoms with van der Waals surface area (Å²) in [6.07, 6.45) is 0. The molecule has 0 aliphatic carbocycles. The normalized spacial score (nSPS) is 9.88. The molecule has 24 heavy (non-hydrogen) atoms. The summed E-state index contributed by atoms with van der Waals surface area (Å²) in [6.45, 7) is 0.560. The summed E-state index contributed by atoms with van der Waals surface area (Å²) < 4.78 is 5.11. The fraction of sp³-hybridized carbons (Fsp3) is 0.176. The van der Waals surface area contributed by atoms with E-state index in [1.54, 1.807) is 7.11 Å². The van der Waals surface area contributed by atoms with Gasteiger partial charge in [0.05, 0.1) is 12.9 Å². The van der Waals surface area contributed by atoms with Gasteiger partial charge in [0.25, 0.3) is 0 Å². The van der Waals surface area contributed by atoms with Crippen LogP contribution < -0.4 is 20.9 Å². The predicted molar refractivity (Wildman–Crippen MR) is 101 cm³/mol. The van der Waals surface area contributed by atoms with E-state index in [9.17, 15) is 4.79 Å². The summed E-state index contributed by atoms with van der Waals surface area (Å²) in [5.41, 5.74) is 6.33. The maximum atomic E-state index is 11.8. The molecule has 0 fully saturated rings. The van der Waals surface area contributed by atoms with Gasteiger partial charge in [0.2, 0.25) is 5.91 Å². The summed E-state index contributed by atoms with van der Waals surface area (Å²) in [6, 6.07) is 17.4. The number of carbonyl (C=O) groups is 1. The highest BCUT2D eigenvalue weighted by atomic mass is 32.2. The van der Waals surface area contributed by atoms with Gasteiger partial charge in [0.15, 0.2) is 5.11 Å². The predicted octanol–water partition coefficient (Wildman–Crippen LogP) is 2.48. The van der Waals surface area contributed by atoms with Crippen molar-refractivity contribution in [3.63, 3.8) is 0 Å². The number of hydrogen-bond donors (Lipinski definition) is 3. The third kappa shape index (κ3) is 6.47. The van der Waals surface area contributed by atoms with Crippen molar-refractivity contribution in [2.45, 2.75) is 11.4 Å². The van der Waals surface area contributed by atoms with Gasteiger partial charge >= 0.3 is 0 Å². The maximum absolute atomic E-state index is 11.8. The molecule has 0 aromatic heterocycles. The third-order valence-electron chi connectivity index (χ3n) is 3.04. The lowest BCUT2D eigenvalue weighted by molar-refractivity contribution is -0.119. The minimum Gasteiger partial charge on any atom is -0.497 e. The highest BCUT2D eigenvalue weighted by Gasteiger charge is 2.03. The second-order valence-electron chi connectivity index (χ2n) is 4.81. The Bertz CT molecular complexity index is 663. The molecule has 0 heterocycles. The molecule has 2 aromatic carbocycles. The first-order valence-corrected chi connectivity index (χ1v) is 8.70.